The van der Waals surface area contributed by atoms with E-state index in [2.05, 4.69) is 15.5 Å². The van der Waals surface area contributed by atoms with E-state index in [1.54, 1.807) is 19.1 Å². The lowest BCUT2D eigenvalue weighted by Gasteiger charge is -2.14. The Morgan fingerprint density at radius 2 is 2.30 bits per heavy atom. The molecule has 0 radical (unpaired) electrons. The summed E-state index contributed by atoms with van der Waals surface area (Å²) in [5.41, 5.74) is 0. The van der Waals surface area contributed by atoms with Crippen molar-refractivity contribution in [3.8, 4) is 0 Å². The Morgan fingerprint density at radius 1 is 1.48 bits per heavy atom. The summed E-state index contributed by atoms with van der Waals surface area (Å²) in [6, 6.07) is 3.77. The van der Waals surface area contributed by atoms with E-state index in [9.17, 15) is 4.79 Å². The highest BCUT2D eigenvalue weighted by Gasteiger charge is 2.13. The molecule has 2 aromatic heterocycles. The first-order valence-corrected chi connectivity index (χ1v) is 8.87. The minimum Gasteiger partial charge on any atom is -0.464 e. The van der Waals surface area contributed by atoms with Crippen LogP contribution in [0.5, 0.6) is 0 Å². The molecule has 0 saturated heterocycles. The molecule has 2 heterocycles. The van der Waals surface area contributed by atoms with Gasteiger partial charge < -0.3 is 19.4 Å². The van der Waals surface area contributed by atoms with E-state index in [1.807, 2.05) is 19.1 Å². The Balaban J connectivity index is 1.75. The van der Waals surface area contributed by atoms with Crippen LogP contribution in [0.1, 0.15) is 11.5 Å². The van der Waals surface area contributed by atoms with Gasteiger partial charge in [-0.05, 0) is 19.1 Å². The molecule has 0 aromatic carbocycles. The second kappa shape index (κ2) is 8.90. The van der Waals surface area contributed by atoms with E-state index in [-0.39, 0.29) is 5.91 Å². The number of carbonyl (C=O) groups excluding carboxylic acids is 1. The van der Waals surface area contributed by atoms with Crippen molar-refractivity contribution < 1.29 is 13.9 Å². The van der Waals surface area contributed by atoms with Gasteiger partial charge in [-0.15, -0.1) is 10.2 Å². The number of methoxy groups -OCH3 is 1. The van der Waals surface area contributed by atoms with E-state index in [0.717, 1.165) is 21.0 Å². The standard InChI is InChI=1S/C14H20N4O3S2/c1-10-4-5-11(21-10)8-18(2)12(19)9-22-14-17-16-13(23-14)15-6-7-20-3/h4-5H,6-9H2,1-3H3,(H,15,16). The zero-order valence-corrected chi connectivity index (χ0v) is 15.0. The molecule has 2 aromatic rings. The Kier molecular flexibility index (Phi) is 6.87. The molecule has 0 unspecified atom stereocenters. The number of carbonyl (C=O) groups is 1. The van der Waals surface area contributed by atoms with Crippen molar-refractivity contribution in [1.29, 1.82) is 0 Å². The zero-order valence-electron chi connectivity index (χ0n) is 13.4. The van der Waals surface area contributed by atoms with Gasteiger partial charge >= 0.3 is 0 Å². The van der Waals surface area contributed by atoms with Gasteiger partial charge in [0.05, 0.1) is 18.9 Å². The van der Waals surface area contributed by atoms with E-state index < -0.39 is 0 Å². The maximum absolute atomic E-state index is 12.1. The van der Waals surface area contributed by atoms with Gasteiger partial charge in [0, 0.05) is 20.7 Å². The molecule has 0 bridgehead atoms. The van der Waals surface area contributed by atoms with Crippen LogP contribution in [0, 0.1) is 6.92 Å². The Bertz CT molecular complexity index is 629. The summed E-state index contributed by atoms with van der Waals surface area (Å²) in [6.45, 7) is 3.64. The summed E-state index contributed by atoms with van der Waals surface area (Å²) >= 11 is 2.81. The molecule has 0 aliphatic heterocycles. The lowest BCUT2D eigenvalue weighted by Crippen LogP contribution is -2.27. The molecule has 9 heteroatoms. The summed E-state index contributed by atoms with van der Waals surface area (Å²) in [7, 11) is 3.41. The van der Waals surface area contributed by atoms with Crippen LogP contribution in [0.25, 0.3) is 0 Å². The fraction of sp³-hybridized carbons (Fsp3) is 0.500. The molecule has 0 aliphatic carbocycles. The molecule has 7 nitrogen and oxygen atoms in total. The van der Waals surface area contributed by atoms with Crippen molar-refractivity contribution in [2.24, 2.45) is 0 Å². The number of rotatable bonds is 9. The second-order valence-corrected chi connectivity index (χ2v) is 7.04. The summed E-state index contributed by atoms with van der Waals surface area (Å²) in [5.74, 6) is 1.97. The highest BCUT2D eigenvalue weighted by atomic mass is 32.2. The normalized spacial score (nSPS) is 10.7. The molecular formula is C14H20N4O3S2. The van der Waals surface area contributed by atoms with E-state index in [4.69, 9.17) is 9.15 Å². The molecule has 2 rings (SSSR count). The van der Waals surface area contributed by atoms with Gasteiger partial charge in [-0.1, -0.05) is 23.1 Å². The number of hydrogen-bond acceptors (Lipinski definition) is 8. The maximum Gasteiger partial charge on any atom is 0.233 e. The average Bonchev–Trinajstić information content (AvgIpc) is 3.14. The number of hydrogen-bond donors (Lipinski definition) is 1. The van der Waals surface area contributed by atoms with Crippen molar-refractivity contribution in [2.45, 2.75) is 17.8 Å². The molecule has 23 heavy (non-hydrogen) atoms. The summed E-state index contributed by atoms with van der Waals surface area (Å²) in [6.07, 6.45) is 0. The fourth-order valence-electron chi connectivity index (χ4n) is 1.73. The van der Waals surface area contributed by atoms with Crippen LogP contribution < -0.4 is 5.32 Å². The van der Waals surface area contributed by atoms with Crippen molar-refractivity contribution >= 4 is 34.1 Å². The first-order chi connectivity index (χ1) is 11.1. The van der Waals surface area contributed by atoms with Gasteiger partial charge in [0.2, 0.25) is 11.0 Å². The SMILES string of the molecule is COCCNc1nnc(SCC(=O)N(C)Cc2ccc(C)o2)s1. The highest BCUT2D eigenvalue weighted by Crippen LogP contribution is 2.25. The van der Waals surface area contributed by atoms with Gasteiger partial charge in [-0.3, -0.25) is 4.79 Å². The van der Waals surface area contributed by atoms with E-state index in [0.29, 0.717) is 25.4 Å². The first-order valence-electron chi connectivity index (χ1n) is 7.07. The summed E-state index contributed by atoms with van der Waals surface area (Å²) < 4.78 is 11.2. The number of nitrogens with one attached hydrogen (secondary N) is 1. The number of aromatic nitrogens is 2. The van der Waals surface area contributed by atoms with Gasteiger partial charge in [-0.2, -0.15) is 0 Å². The van der Waals surface area contributed by atoms with Crippen LogP contribution >= 0.6 is 23.1 Å². The largest absolute Gasteiger partial charge is 0.464 e. The van der Waals surface area contributed by atoms with Crippen LogP contribution in [0.15, 0.2) is 20.9 Å². The van der Waals surface area contributed by atoms with Crippen LogP contribution in [0.3, 0.4) is 0 Å². The summed E-state index contributed by atoms with van der Waals surface area (Å²) in [4.78, 5) is 13.8. The quantitative estimate of drug-likeness (QED) is 0.545. The van der Waals surface area contributed by atoms with Crippen LogP contribution in [0.2, 0.25) is 0 Å². The molecule has 0 fully saturated rings. The molecule has 0 saturated carbocycles. The fourth-order valence-corrected chi connectivity index (χ4v) is 3.44. The average molecular weight is 356 g/mol. The third-order valence-corrected chi connectivity index (χ3v) is 4.92. The second-order valence-electron chi connectivity index (χ2n) is 4.84. The van der Waals surface area contributed by atoms with Crippen LogP contribution in [0.4, 0.5) is 5.13 Å². The number of nitrogens with zero attached hydrogens (tertiary/aromatic N) is 3. The molecule has 0 atom stereocenters. The lowest BCUT2D eigenvalue weighted by molar-refractivity contribution is -0.127. The van der Waals surface area contributed by atoms with Crippen molar-refractivity contribution in [2.75, 3.05) is 38.4 Å². The van der Waals surface area contributed by atoms with Gasteiger partial charge in [0.15, 0.2) is 4.34 Å². The number of amides is 1. The first kappa shape index (κ1) is 17.8. The van der Waals surface area contributed by atoms with Crippen LogP contribution in [-0.4, -0.2) is 54.1 Å². The van der Waals surface area contributed by atoms with Crippen molar-refractivity contribution in [3.05, 3.63) is 23.7 Å². The van der Waals surface area contributed by atoms with Gasteiger partial charge in [0.1, 0.15) is 11.5 Å². The Labute approximate surface area is 143 Å². The topological polar surface area (TPSA) is 80.5 Å². The Morgan fingerprint density at radius 3 is 3.00 bits per heavy atom. The van der Waals surface area contributed by atoms with E-state index >= 15 is 0 Å². The van der Waals surface area contributed by atoms with E-state index in [1.165, 1.54) is 23.1 Å². The molecule has 126 valence electrons. The smallest absolute Gasteiger partial charge is 0.233 e. The zero-order chi connectivity index (χ0) is 16.7. The third-order valence-electron chi connectivity index (χ3n) is 2.92. The summed E-state index contributed by atoms with van der Waals surface area (Å²) in [5, 5.41) is 11.9. The maximum atomic E-state index is 12.1. The van der Waals surface area contributed by atoms with Gasteiger partial charge in [-0.25, -0.2) is 0 Å². The minimum absolute atomic E-state index is 0.0214. The van der Waals surface area contributed by atoms with Gasteiger partial charge in [0.25, 0.3) is 0 Å². The number of furan rings is 1. The van der Waals surface area contributed by atoms with Crippen molar-refractivity contribution in [3.63, 3.8) is 0 Å². The van der Waals surface area contributed by atoms with Crippen LogP contribution in [-0.2, 0) is 16.1 Å². The third kappa shape index (κ3) is 5.85. The number of aryl methyl sites for hydroxylation is 1. The number of anilines is 1. The predicted molar refractivity (Wildman–Crippen MR) is 90.9 cm³/mol. The predicted octanol–water partition coefficient (Wildman–Crippen LogP) is 2.25. The highest BCUT2D eigenvalue weighted by molar-refractivity contribution is 8.01. The number of ether oxygens (including phenoxy) is 1. The molecule has 0 aliphatic rings. The molecule has 1 amide bonds. The molecule has 1 N–H and O–H groups in total. The van der Waals surface area contributed by atoms with Crippen molar-refractivity contribution in [1.82, 2.24) is 15.1 Å². The monoisotopic (exact) mass is 356 g/mol. The minimum atomic E-state index is 0.0214. The number of thioether (sulfide) groups is 1. The lowest BCUT2D eigenvalue weighted by atomic mass is 10.4. The Hall–Kier alpha value is -1.58. The molecule has 0 spiro atoms. The molecular weight excluding hydrogens is 336 g/mol.